The fraction of sp³-hybridized carbons (Fsp3) is 0.636. The lowest BCUT2D eigenvalue weighted by molar-refractivity contribution is -0.133. The van der Waals surface area contributed by atoms with Crippen molar-refractivity contribution in [3.63, 3.8) is 0 Å². The summed E-state index contributed by atoms with van der Waals surface area (Å²) < 4.78 is 2.11. The van der Waals surface area contributed by atoms with Gasteiger partial charge < -0.3 is 9.67 Å². The molecular weight excluding hydrogens is 224 g/mol. The number of carbonyl (C=O) groups is 1. The van der Waals surface area contributed by atoms with Gasteiger partial charge in [-0.3, -0.25) is 4.79 Å². The third-order valence-electron chi connectivity index (χ3n) is 3.23. The molecule has 0 radical (unpaired) electrons. The highest BCUT2D eigenvalue weighted by molar-refractivity contribution is 7.99. The van der Waals surface area contributed by atoms with Crippen LogP contribution in [0.4, 0.5) is 0 Å². The zero-order chi connectivity index (χ0) is 11.5. The van der Waals surface area contributed by atoms with Crippen LogP contribution in [0.25, 0.3) is 0 Å². The molecule has 1 aromatic heterocycles. The summed E-state index contributed by atoms with van der Waals surface area (Å²) >= 11 is 1.29. The predicted molar refractivity (Wildman–Crippen MR) is 62.6 cm³/mol. The van der Waals surface area contributed by atoms with Crippen molar-refractivity contribution in [1.82, 2.24) is 9.55 Å². The molecule has 88 valence electrons. The molecule has 0 spiro atoms. The van der Waals surface area contributed by atoms with Gasteiger partial charge in [-0.05, 0) is 25.7 Å². The van der Waals surface area contributed by atoms with Crippen LogP contribution in [0.3, 0.4) is 0 Å². The van der Waals surface area contributed by atoms with Crippen molar-refractivity contribution in [3.8, 4) is 0 Å². The van der Waals surface area contributed by atoms with E-state index in [1.165, 1.54) is 31.0 Å². The maximum Gasteiger partial charge on any atom is 0.313 e. The van der Waals surface area contributed by atoms with Crippen LogP contribution >= 0.6 is 11.8 Å². The Hall–Kier alpha value is -0.970. The van der Waals surface area contributed by atoms with Gasteiger partial charge in [-0.25, -0.2) is 4.98 Å². The first kappa shape index (κ1) is 11.5. The molecule has 1 fully saturated rings. The lowest BCUT2D eigenvalue weighted by Crippen LogP contribution is -2.23. The number of nitrogens with zero attached hydrogens (tertiary/aromatic N) is 2. The Labute approximate surface area is 99.1 Å². The van der Waals surface area contributed by atoms with E-state index in [2.05, 4.69) is 16.5 Å². The van der Waals surface area contributed by atoms with Crippen molar-refractivity contribution in [3.05, 3.63) is 12.4 Å². The lowest BCUT2D eigenvalue weighted by Gasteiger charge is -2.32. The molecule has 4 nitrogen and oxygen atoms in total. The fourth-order valence-corrected chi connectivity index (χ4v) is 2.76. The Morgan fingerprint density at radius 3 is 3.06 bits per heavy atom. The summed E-state index contributed by atoms with van der Waals surface area (Å²) in [5.41, 5.74) is 0. The van der Waals surface area contributed by atoms with Gasteiger partial charge in [-0.2, -0.15) is 0 Å². The number of carboxylic acid groups (broad SMARTS) is 1. The van der Waals surface area contributed by atoms with Crippen LogP contribution in [-0.4, -0.2) is 26.4 Å². The maximum atomic E-state index is 10.5. The Balaban J connectivity index is 2.02. The van der Waals surface area contributed by atoms with Gasteiger partial charge in [0.15, 0.2) is 5.16 Å². The van der Waals surface area contributed by atoms with Gasteiger partial charge in [0, 0.05) is 18.4 Å². The molecule has 2 rings (SSSR count). The van der Waals surface area contributed by atoms with Crippen molar-refractivity contribution >= 4 is 17.7 Å². The standard InChI is InChI=1S/C11H16N2O2S/c1-8(9-3-2-4-9)13-6-5-12-11(13)16-7-10(14)15/h5-6,8-9H,2-4,7H2,1H3,(H,14,15). The molecule has 1 atom stereocenters. The molecule has 0 aliphatic heterocycles. The number of hydrogen-bond donors (Lipinski definition) is 1. The molecule has 0 bridgehead atoms. The van der Waals surface area contributed by atoms with Gasteiger partial charge in [0.1, 0.15) is 0 Å². The molecule has 5 heteroatoms. The molecule has 1 aliphatic carbocycles. The number of thioether (sulfide) groups is 1. The summed E-state index contributed by atoms with van der Waals surface area (Å²) in [4.78, 5) is 14.7. The van der Waals surface area contributed by atoms with E-state index in [9.17, 15) is 4.79 Å². The molecule has 0 aromatic carbocycles. The van der Waals surface area contributed by atoms with Crippen LogP contribution in [0.5, 0.6) is 0 Å². The zero-order valence-corrected chi connectivity index (χ0v) is 10.1. The van der Waals surface area contributed by atoms with Crippen molar-refractivity contribution in [1.29, 1.82) is 0 Å². The topological polar surface area (TPSA) is 55.1 Å². The predicted octanol–water partition coefficient (Wildman–Crippen LogP) is 2.42. The minimum absolute atomic E-state index is 0.0778. The first-order valence-corrected chi connectivity index (χ1v) is 6.54. The van der Waals surface area contributed by atoms with E-state index in [-0.39, 0.29) is 5.75 Å². The van der Waals surface area contributed by atoms with Crippen LogP contribution in [-0.2, 0) is 4.79 Å². The van der Waals surface area contributed by atoms with Crippen LogP contribution in [0.1, 0.15) is 32.2 Å². The molecule has 16 heavy (non-hydrogen) atoms. The maximum absolute atomic E-state index is 10.5. The van der Waals surface area contributed by atoms with E-state index in [1.54, 1.807) is 6.20 Å². The normalized spacial score (nSPS) is 18.1. The van der Waals surface area contributed by atoms with Crippen LogP contribution in [0.15, 0.2) is 17.6 Å². The van der Waals surface area contributed by atoms with E-state index >= 15 is 0 Å². The Morgan fingerprint density at radius 2 is 2.50 bits per heavy atom. The van der Waals surface area contributed by atoms with E-state index in [0.29, 0.717) is 6.04 Å². The molecular formula is C11H16N2O2S. The van der Waals surface area contributed by atoms with Crippen molar-refractivity contribution in [2.75, 3.05) is 5.75 Å². The summed E-state index contributed by atoms with van der Waals surface area (Å²) in [5, 5.41) is 9.47. The van der Waals surface area contributed by atoms with Crippen molar-refractivity contribution in [2.24, 2.45) is 5.92 Å². The molecule has 1 aromatic rings. The molecule has 1 N–H and O–H groups in total. The van der Waals surface area contributed by atoms with Gasteiger partial charge in [0.25, 0.3) is 0 Å². The zero-order valence-electron chi connectivity index (χ0n) is 9.30. The lowest BCUT2D eigenvalue weighted by atomic mass is 9.80. The molecule has 1 heterocycles. The van der Waals surface area contributed by atoms with E-state index in [1.807, 2.05) is 6.20 Å². The smallest absolute Gasteiger partial charge is 0.313 e. The minimum atomic E-state index is -0.796. The molecule has 1 saturated carbocycles. The summed E-state index contributed by atoms with van der Waals surface area (Å²) in [6.07, 6.45) is 7.58. The Kier molecular flexibility index (Phi) is 3.53. The first-order valence-electron chi connectivity index (χ1n) is 5.56. The highest BCUT2D eigenvalue weighted by Gasteiger charge is 2.26. The second-order valence-electron chi connectivity index (χ2n) is 4.23. The molecule has 1 unspecified atom stereocenters. The minimum Gasteiger partial charge on any atom is -0.481 e. The number of rotatable bonds is 5. The molecule has 1 aliphatic rings. The van der Waals surface area contributed by atoms with Crippen molar-refractivity contribution in [2.45, 2.75) is 37.4 Å². The molecule has 0 amide bonds. The van der Waals surface area contributed by atoms with Gasteiger partial charge in [0.05, 0.1) is 5.75 Å². The van der Waals surface area contributed by atoms with E-state index in [0.717, 1.165) is 11.1 Å². The Morgan fingerprint density at radius 1 is 1.75 bits per heavy atom. The molecule has 0 saturated heterocycles. The van der Waals surface area contributed by atoms with Gasteiger partial charge in [-0.15, -0.1) is 0 Å². The van der Waals surface area contributed by atoms with E-state index in [4.69, 9.17) is 5.11 Å². The number of aliphatic carboxylic acids is 1. The third-order valence-corrected chi connectivity index (χ3v) is 4.19. The fourth-order valence-electron chi connectivity index (χ4n) is 2.00. The van der Waals surface area contributed by atoms with Gasteiger partial charge in [-0.1, -0.05) is 18.2 Å². The summed E-state index contributed by atoms with van der Waals surface area (Å²) in [6, 6.07) is 0.438. The van der Waals surface area contributed by atoms with E-state index < -0.39 is 5.97 Å². The highest BCUT2D eigenvalue weighted by atomic mass is 32.2. The highest BCUT2D eigenvalue weighted by Crippen LogP contribution is 2.37. The summed E-state index contributed by atoms with van der Waals surface area (Å²) in [7, 11) is 0. The quantitative estimate of drug-likeness (QED) is 0.803. The monoisotopic (exact) mass is 240 g/mol. The van der Waals surface area contributed by atoms with Crippen LogP contribution in [0, 0.1) is 5.92 Å². The van der Waals surface area contributed by atoms with Gasteiger partial charge >= 0.3 is 5.97 Å². The van der Waals surface area contributed by atoms with Gasteiger partial charge in [0.2, 0.25) is 0 Å². The average molecular weight is 240 g/mol. The largest absolute Gasteiger partial charge is 0.481 e. The summed E-state index contributed by atoms with van der Waals surface area (Å²) in [5.74, 6) is 0.0169. The SMILES string of the molecule is CC(C1CCC1)n1ccnc1SCC(=O)O. The number of carboxylic acids is 1. The average Bonchev–Trinajstić information content (AvgIpc) is 2.59. The number of hydrogen-bond acceptors (Lipinski definition) is 3. The summed E-state index contributed by atoms with van der Waals surface area (Å²) in [6.45, 7) is 2.19. The second-order valence-corrected chi connectivity index (χ2v) is 5.17. The first-order chi connectivity index (χ1) is 7.68. The Bertz CT molecular complexity index is 374. The van der Waals surface area contributed by atoms with Crippen molar-refractivity contribution < 1.29 is 9.90 Å². The second kappa shape index (κ2) is 4.91. The number of aromatic nitrogens is 2. The number of imidazole rings is 1. The van der Waals surface area contributed by atoms with Crippen LogP contribution < -0.4 is 0 Å². The third kappa shape index (κ3) is 2.40. The van der Waals surface area contributed by atoms with Crippen LogP contribution in [0.2, 0.25) is 0 Å².